The molecule has 0 atom stereocenters. The maximum absolute atomic E-state index is 13.0. The first-order valence-electron chi connectivity index (χ1n) is 5.41. The number of nitro benzene ring substituents is 1. The van der Waals surface area contributed by atoms with Crippen LogP contribution in [0.1, 0.15) is 0 Å². The van der Waals surface area contributed by atoms with Crippen molar-refractivity contribution >= 4 is 15.7 Å². The van der Waals surface area contributed by atoms with Gasteiger partial charge in [0.25, 0.3) is 5.69 Å². The molecule has 1 aromatic rings. The van der Waals surface area contributed by atoms with Crippen molar-refractivity contribution < 1.29 is 22.8 Å². The average molecular weight is 290 g/mol. The zero-order chi connectivity index (χ0) is 14.2. The number of aliphatic hydroxyl groups excluding tert-OH is 1. The Bertz CT molecular complexity index is 612. The van der Waals surface area contributed by atoms with E-state index in [1.165, 1.54) is 0 Å². The van der Waals surface area contributed by atoms with Crippen molar-refractivity contribution in [2.75, 3.05) is 19.7 Å². The molecule has 1 aliphatic heterocycles. The maximum Gasteiger partial charge on any atom is 0.292 e. The van der Waals surface area contributed by atoms with Crippen molar-refractivity contribution in [3.63, 3.8) is 0 Å². The van der Waals surface area contributed by atoms with Crippen molar-refractivity contribution in [2.45, 2.75) is 4.90 Å². The summed E-state index contributed by atoms with van der Waals surface area (Å²) in [6.07, 6.45) is 0. The standard InChI is InChI=1S/C10H11FN2O5S/c11-8-1-2-10(9(3-8)13(15)16)19(17,18)12-4-7(5-12)6-14/h1-3,7,14H,4-6H2. The van der Waals surface area contributed by atoms with Gasteiger partial charge in [0.05, 0.1) is 11.0 Å². The molecule has 0 aromatic heterocycles. The molecule has 0 unspecified atom stereocenters. The third kappa shape index (κ3) is 2.44. The van der Waals surface area contributed by atoms with E-state index in [9.17, 15) is 22.9 Å². The minimum Gasteiger partial charge on any atom is -0.396 e. The SMILES string of the molecule is O=[N+]([O-])c1cc(F)ccc1S(=O)(=O)N1CC(CO)C1. The molecule has 1 aromatic carbocycles. The van der Waals surface area contributed by atoms with Crippen molar-refractivity contribution in [1.82, 2.24) is 4.31 Å². The van der Waals surface area contributed by atoms with Crippen molar-refractivity contribution in [1.29, 1.82) is 0 Å². The predicted molar refractivity (Wildman–Crippen MR) is 62.4 cm³/mol. The molecule has 1 fully saturated rings. The van der Waals surface area contributed by atoms with Crippen LogP contribution in [0.5, 0.6) is 0 Å². The van der Waals surface area contributed by atoms with E-state index in [0.717, 1.165) is 16.4 Å². The van der Waals surface area contributed by atoms with Gasteiger partial charge in [-0.3, -0.25) is 10.1 Å². The number of hydrogen-bond donors (Lipinski definition) is 1. The van der Waals surface area contributed by atoms with Crippen molar-refractivity contribution in [3.8, 4) is 0 Å². The number of benzene rings is 1. The minimum absolute atomic E-state index is 0.105. The highest BCUT2D eigenvalue weighted by molar-refractivity contribution is 7.89. The lowest BCUT2D eigenvalue weighted by molar-refractivity contribution is -0.388. The topological polar surface area (TPSA) is 101 Å². The molecule has 0 saturated carbocycles. The summed E-state index contributed by atoms with van der Waals surface area (Å²) in [6, 6.07) is 2.33. The van der Waals surface area contributed by atoms with E-state index < -0.39 is 31.3 Å². The summed E-state index contributed by atoms with van der Waals surface area (Å²) in [6.45, 7) is 0.0677. The second kappa shape index (κ2) is 4.83. The summed E-state index contributed by atoms with van der Waals surface area (Å²) in [4.78, 5) is 9.32. The Labute approximate surface area is 108 Å². The van der Waals surface area contributed by atoms with Crippen molar-refractivity contribution in [2.24, 2.45) is 5.92 Å². The molecule has 0 spiro atoms. The van der Waals surface area contributed by atoms with Gasteiger partial charge in [-0.1, -0.05) is 0 Å². The molecule has 1 N–H and O–H groups in total. The number of aliphatic hydroxyl groups is 1. The molecular weight excluding hydrogens is 279 g/mol. The summed E-state index contributed by atoms with van der Waals surface area (Å²) >= 11 is 0. The van der Waals surface area contributed by atoms with Crippen LogP contribution in [0.15, 0.2) is 23.1 Å². The fraction of sp³-hybridized carbons (Fsp3) is 0.400. The second-order valence-corrected chi connectivity index (χ2v) is 6.15. The van der Waals surface area contributed by atoms with Crippen LogP contribution in [0, 0.1) is 21.8 Å². The van der Waals surface area contributed by atoms with E-state index in [-0.39, 0.29) is 25.6 Å². The second-order valence-electron chi connectivity index (χ2n) is 4.24. The highest BCUT2D eigenvalue weighted by Crippen LogP contribution is 2.31. The predicted octanol–water partition coefficient (Wildman–Crippen LogP) is 0.347. The van der Waals surface area contributed by atoms with Crippen LogP contribution >= 0.6 is 0 Å². The van der Waals surface area contributed by atoms with E-state index in [2.05, 4.69) is 0 Å². The fourth-order valence-corrected chi connectivity index (χ4v) is 3.55. The Morgan fingerprint density at radius 3 is 2.63 bits per heavy atom. The fourth-order valence-electron chi connectivity index (χ4n) is 1.82. The molecule has 19 heavy (non-hydrogen) atoms. The van der Waals surface area contributed by atoms with Crippen LogP contribution in [0.3, 0.4) is 0 Å². The summed E-state index contributed by atoms with van der Waals surface area (Å²) in [7, 11) is -4.02. The quantitative estimate of drug-likeness (QED) is 0.637. The summed E-state index contributed by atoms with van der Waals surface area (Å²) in [5, 5.41) is 19.6. The van der Waals surface area contributed by atoms with Crippen LogP contribution in [-0.4, -0.2) is 42.4 Å². The molecule has 0 aliphatic carbocycles. The van der Waals surface area contributed by atoms with Crippen LogP contribution < -0.4 is 0 Å². The first-order valence-corrected chi connectivity index (χ1v) is 6.85. The van der Waals surface area contributed by atoms with Crippen LogP contribution in [0.25, 0.3) is 0 Å². The van der Waals surface area contributed by atoms with Crippen LogP contribution in [-0.2, 0) is 10.0 Å². The number of sulfonamides is 1. The van der Waals surface area contributed by atoms with Gasteiger partial charge in [-0.15, -0.1) is 0 Å². The van der Waals surface area contributed by atoms with Gasteiger partial charge < -0.3 is 5.11 Å². The van der Waals surface area contributed by atoms with Gasteiger partial charge in [-0.2, -0.15) is 4.31 Å². The largest absolute Gasteiger partial charge is 0.396 e. The van der Waals surface area contributed by atoms with Gasteiger partial charge in [0.2, 0.25) is 10.0 Å². The molecule has 1 aliphatic rings. The summed E-state index contributed by atoms with van der Waals surface area (Å²) in [5.41, 5.74) is -0.785. The highest BCUT2D eigenvalue weighted by atomic mass is 32.2. The Hall–Kier alpha value is -1.58. The number of nitro groups is 1. The third-order valence-corrected chi connectivity index (χ3v) is 4.80. The molecule has 7 nitrogen and oxygen atoms in total. The number of hydrogen-bond acceptors (Lipinski definition) is 5. The molecule has 1 saturated heterocycles. The Balaban J connectivity index is 2.39. The van der Waals surface area contributed by atoms with E-state index in [0.29, 0.717) is 6.07 Å². The molecule has 2 rings (SSSR count). The van der Waals surface area contributed by atoms with E-state index in [1.54, 1.807) is 0 Å². The van der Waals surface area contributed by atoms with Gasteiger partial charge in [0.15, 0.2) is 4.90 Å². The van der Waals surface area contributed by atoms with E-state index in [1.807, 2.05) is 0 Å². The van der Waals surface area contributed by atoms with Gasteiger partial charge in [-0.25, -0.2) is 12.8 Å². The minimum atomic E-state index is -4.02. The lowest BCUT2D eigenvalue weighted by atomic mass is 10.1. The first-order chi connectivity index (χ1) is 8.86. The van der Waals surface area contributed by atoms with E-state index in [4.69, 9.17) is 5.11 Å². The molecule has 0 bridgehead atoms. The molecule has 104 valence electrons. The van der Waals surface area contributed by atoms with E-state index >= 15 is 0 Å². The zero-order valence-corrected chi connectivity index (χ0v) is 10.5. The molecule has 0 amide bonds. The number of halogens is 1. The molecular formula is C10H11FN2O5S. The maximum atomic E-state index is 13.0. The van der Waals surface area contributed by atoms with Gasteiger partial charge in [0.1, 0.15) is 5.82 Å². The van der Waals surface area contributed by atoms with Crippen LogP contribution in [0.4, 0.5) is 10.1 Å². The summed E-state index contributed by atoms with van der Waals surface area (Å²) < 4.78 is 38.2. The number of nitrogens with zero attached hydrogens (tertiary/aromatic N) is 2. The Kier molecular flexibility index (Phi) is 3.52. The smallest absolute Gasteiger partial charge is 0.292 e. The van der Waals surface area contributed by atoms with Crippen LogP contribution in [0.2, 0.25) is 0 Å². The normalized spacial score (nSPS) is 17.2. The zero-order valence-electron chi connectivity index (χ0n) is 9.69. The highest BCUT2D eigenvalue weighted by Gasteiger charge is 2.39. The Morgan fingerprint density at radius 1 is 1.47 bits per heavy atom. The third-order valence-electron chi connectivity index (χ3n) is 2.92. The monoisotopic (exact) mass is 290 g/mol. The lowest BCUT2D eigenvalue weighted by Crippen LogP contribution is -2.51. The molecule has 9 heteroatoms. The van der Waals surface area contributed by atoms with Gasteiger partial charge >= 0.3 is 0 Å². The summed E-state index contributed by atoms with van der Waals surface area (Å²) in [5.74, 6) is -1.03. The Morgan fingerprint density at radius 2 is 2.11 bits per heavy atom. The number of rotatable bonds is 4. The van der Waals surface area contributed by atoms with Crippen molar-refractivity contribution in [3.05, 3.63) is 34.1 Å². The van der Waals surface area contributed by atoms with Gasteiger partial charge in [-0.05, 0) is 12.1 Å². The first kappa shape index (κ1) is 13.8. The average Bonchev–Trinajstić information content (AvgIpc) is 2.26. The van der Waals surface area contributed by atoms with Gasteiger partial charge in [0, 0.05) is 25.6 Å². The molecule has 1 heterocycles. The molecule has 0 radical (unpaired) electrons. The lowest BCUT2D eigenvalue weighted by Gasteiger charge is -2.36.